The number of likely N-dealkylation sites (N-methyl/N-ethyl adjacent to an activating group) is 1. The fourth-order valence-corrected chi connectivity index (χ4v) is 2.37. The van der Waals surface area contributed by atoms with Gasteiger partial charge in [-0.1, -0.05) is 43.3 Å². The molecule has 0 saturated heterocycles. The quantitative estimate of drug-likeness (QED) is 0.852. The molecule has 0 aliphatic rings. The third-order valence-electron chi connectivity index (χ3n) is 3.37. The molecule has 1 nitrogen and oxygen atoms in total. The van der Waals surface area contributed by atoms with Crippen molar-refractivity contribution in [1.82, 2.24) is 5.32 Å². The Morgan fingerprint density at radius 3 is 2.37 bits per heavy atom. The molecular weight excluding hydrogens is 237 g/mol. The van der Waals surface area contributed by atoms with E-state index in [9.17, 15) is 4.39 Å². The Labute approximate surface area is 114 Å². The number of hydrogen-bond donors (Lipinski definition) is 1. The first-order valence-electron chi connectivity index (χ1n) is 6.74. The summed E-state index contributed by atoms with van der Waals surface area (Å²) in [5.74, 6) is -0.181. The predicted molar refractivity (Wildman–Crippen MR) is 77.7 cm³/mol. The molecule has 0 bridgehead atoms. The van der Waals surface area contributed by atoms with Crippen LogP contribution in [-0.4, -0.2) is 6.54 Å². The minimum Gasteiger partial charge on any atom is -0.310 e. The Bertz CT molecular complexity index is 519. The van der Waals surface area contributed by atoms with Gasteiger partial charge in [0.15, 0.2) is 0 Å². The maximum absolute atomic E-state index is 12.9. The van der Waals surface area contributed by atoms with Gasteiger partial charge in [-0.15, -0.1) is 0 Å². The highest BCUT2D eigenvalue weighted by Crippen LogP contribution is 2.21. The van der Waals surface area contributed by atoms with Crippen molar-refractivity contribution in [2.45, 2.75) is 26.3 Å². The maximum Gasteiger partial charge on any atom is 0.123 e. The van der Waals surface area contributed by atoms with Gasteiger partial charge in [0.1, 0.15) is 5.82 Å². The van der Waals surface area contributed by atoms with Crippen molar-refractivity contribution in [1.29, 1.82) is 0 Å². The minimum absolute atomic E-state index is 0.181. The van der Waals surface area contributed by atoms with Crippen LogP contribution < -0.4 is 5.32 Å². The zero-order valence-electron chi connectivity index (χ0n) is 11.5. The Morgan fingerprint density at radius 1 is 1.05 bits per heavy atom. The molecule has 100 valence electrons. The van der Waals surface area contributed by atoms with Crippen molar-refractivity contribution in [3.05, 3.63) is 71.0 Å². The molecule has 0 heterocycles. The van der Waals surface area contributed by atoms with Crippen LogP contribution in [0.5, 0.6) is 0 Å². The first-order valence-corrected chi connectivity index (χ1v) is 6.74. The molecule has 2 heteroatoms. The fourth-order valence-electron chi connectivity index (χ4n) is 2.37. The van der Waals surface area contributed by atoms with Crippen molar-refractivity contribution in [3.8, 4) is 0 Å². The van der Waals surface area contributed by atoms with Crippen LogP contribution in [0, 0.1) is 12.7 Å². The maximum atomic E-state index is 12.9. The molecule has 0 saturated carbocycles. The second-order valence-corrected chi connectivity index (χ2v) is 4.80. The van der Waals surface area contributed by atoms with Crippen molar-refractivity contribution >= 4 is 0 Å². The number of benzene rings is 2. The lowest BCUT2D eigenvalue weighted by Crippen LogP contribution is -2.23. The number of halogens is 1. The van der Waals surface area contributed by atoms with Crippen LogP contribution in [0.3, 0.4) is 0 Å². The van der Waals surface area contributed by atoms with Gasteiger partial charge < -0.3 is 5.32 Å². The highest BCUT2D eigenvalue weighted by atomic mass is 19.1. The van der Waals surface area contributed by atoms with E-state index in [0.717, 1.165) is 18.5 Å². The second-order valence-electron chi connectivity index (χ2n) is 4.80. The molecule has 0 radical (unpaired) electrons. The first kappa shape index (κ1) is 13.8. The monoisotopic (exact) mass is 257 g/mol. The van der Waals surface area contributed by atoms with Crippen molar-refractivity contribution < 1.29 is 4.39 Å². The lowest BCUT2D eigenvalue weighted by Gasteiger charge is -2.20. The molecule has 1 N–H and O–H groups in total. The van der Waals surface area contributed by atoms with Gasteiger partial charge in [0.2, 0.25) is 0 Å². The normalized spacial score (nSPS) is 12.4. The van der Waals surface area contributed by atoms with Gasteiger partial charge in [-0.3, -0.25) is 0 Å². The van der Waals surface area contributed by atoms with Crippen molar-refractivity contribution in [2.75, 3.05) is 6.54 Å². The molecule has 0 aliphatic carbocycles. The van der Waals surface area contributed by atoms with E-state index >= 15 is 0 Å². The summed E-state index contributed by atoms with van der Waals surface area (Å²) in [6, 6.07) is 15.5. The highest BCUT2D eigenvalue weighted by Gasteiger charge is 2.12. The summed E-state index contributed by atoms with van der Waals surface area (Å²) in [6.07, 6.45) is 0.874. The number of rotatable bonds is 5. The van der Waals surface area contributed by atoms with Crippen LogP contribution in [0.15, 0.2) is 48.5 Å². The highest BCUT2D eigenvalue weighted by molar-refractivity contribution is 5.30. The van der Waals surface area contributed by atoms with Gasteiger partial charge in [0.05, 0.1) is 0 Å². The second kappa shape index (κ2) is 6.48. The van der Waals surface area contributed by atoms with Gasteiger partial charge in [0.25, 0.3) is 0 Å². The molecule has 0 amide bonds. The summed E-state index contributed by atoms with van der Waals surface area (Å²) in [4.78, 5) is 0. The van der Waals surface area contributed by atoms with Crippen LogP contribution in [0.2, 0.25) is 0 Å². The Kier molecular flexibility index (Phi) is 4.69. The van der Waals surface area contributed by atoms with Crippen LogP contribution in [0.4, 0.5) is 4.39 Å². The number of hydrogen-bond acceptors (Lipinski definition) is 1. The van der Waals surface area contributed by atoms with Crippen LogP contribution in [0.25, 0.3) is 0 Å². The third kappa shape index (κ3) is 3.65. The van der Waals surface area contributed by atoms with E-state index in [1.165, 1.54) is 23.3 Å². The zero-order valence-corrected chi connectivity index (χ0v) is 11.5. The minimum atomic E-state index is -0.181. The van der Waals surface area contributed by atoms with Crippen LogP contribution in [0.1, 0.15) is 29.7 Å². The molecule has 2 aromatic carbocycles. The average Bonchev–Trinajstić information content (AvgIpc) is 2.41. The van der Waals surface area contributed by atoms with E-state index in [0.29, 0.717) is 0 Å². The first-order chi connectivity index (χ1) is 9.20. The molecule has 0 aromatic heterocycles. The number of nitrogens with one attached hydrogen (secondary N) is 1. The van der Waals surface area contributed by atoms with E-state index in [1.54, 1.807) is 0 Å². The molecule has 2 aromatic rings. The summed E-state index contributed by atoms with van der Waals surface area (Å²) in [5.41, 5.74) is 3.75. The molecule has 0 fully saturated rings. The molecule has 2 rings (SSSR count). The van der Waals surface area contributed by atoms with Crippen molar-refractivity contribution in [2.24, 2.45) is 0 Å². The Balaban J connectivity index is 2.21. The van der Waals surface area contributed by atoms with Crippen LogP contribution in [-0.2, 0) is 6.42 Å². The van der Waals surface area contributed by atoms with E-state index in [2.05, 4.69) is 43.4 Å². The van der Waals surface area contributed by atoms with E-state index in [1.807, 2.05) is 12.1 Å². The van der Waals surface area contributed by atoms with E-state index in [-0.39, 0.29) is 11.9 Å². The fraction of sp³-hybridized carbons (Fsp3) is 0.294. The standard InChI is InChI=1S/C17H20FN/c1-3-19-17(16-7-5-4-6-13(16)2)12-14-8-10-15(18)11-9-14/h4-11,17,19H,3,12H2,1-2H3. The van der Waals surface area contributed by atoms with Gasteiger partial charge in [-0.05, 0) is 48.7 Å². The lowest BCUT2D eigenvalue weighted by atomic mass is 9.95. The van der Waals surface area contributed by atoms with Crippen LogP contribution >= 0.6 is 0 Å². The number of aryl methyl sites for hydroxylation is 1. The molecule has 1 atom stereocenters. The van der Waals surface area contributed by atoms with Crippen molar-refractivity contribution in [3.63, 3.8) is 0 Å². The summed E-state index contributed by atoms with van der Waals surface area (Å²) in [5, 5.41) is 3.51. The molecule has 0 aliphatic heterocycles. The molecule has 19 heavy (non-hydrogen) atoms. The molecule has 1 unspecified atom stereocenters. The van der Waals surface area contributed by atoms with Gasteiger partial charge >= 0.3 is 0 Å². The molecule has 0 spiro atoms. The van der Waals surface area contributed by atoms with E-state index in [4.69, 9.17) is 0 Å². The lowest BCUT2D eigenvalue weighted by molar-refractivity contribution is 0.546. The Morgan fingerprint density at radius 2 is 1.74 bits per heavy atom. The zero-order chi connectivity index (χ0) is 13.7. The van der Waals surface area contributed by atoms with Gasteiger partial charge in [0, 0.05) is 6.04 Å². The van der Waals surface area contributed by atoms with E-state index < -0.39 is 0 Å². The predicted octanol–water partition coefficient (Wildman–Crippen LogP) is 4.03. The largest absolute Gasteiger partial charge is 0.310 e. The summed E-state index contributed by atoms with van der Waals surface area (Å²) in [6.45, 7) is 5.15. The third-order valence-corrected chi connectivity index (χ3v) is 3.37. The van der Waals surface area contributed by atoms with Gasteiger partial charge in [-0.2, -0.15) is 0 Å². The molecular formula is C17H20FN. The Hall–Kier alpha value is -1.67. The summed E-state index contributed by atoms with van der Waals surface area (Å²) >= 11 is 0. The van der Waals surface area contributed by atoms with Gasteiger partial charge in [-0.25, -0.2) is 4.39 Å². The summed E-state index contributed by atoms with van der Waals surface area (Å²) < 4.78 is 12.9. The smallest absolute Gasteiger partial charge is 0.123 e. The SMILES string of the molecule is CCNC(Cc1ccc(F)cc1)c1ccccc1C. The average molecular weight is 257 g/mol. The topological polar surface area (TPSA) is 12.0 Å². The summed E-state index contributed by atoms with van der Waals surface area (Å²) in [7, 11) is 0.